The third kappa shape index (κ3) is 45.5. The largest absolute Gasteiger partial charge is 0.481 e. The fraction of sp³-hybridized carbons (Fsp3) is 0.785. The molecule has 3 aliphatic heterocycles. The number of Topliss-reactive ketones (excluding diaryl/α,β-unsaturated/α-hetero) is 1. The number of hydrogen-bond donors (Lipinski definition) is 7. The van der Waals surface area contributed by atoms with Gasteiger partial charge in [-0.15, -0.1) is 0 Å². The van der Waals surface area contributed by atoms with Crippen molar-refractivity contribution in [3.8, 4) is 0 Å². The molecule has 42 nitrogen and oxygen atoms in total. The van der Waals surface area contributed by atoms with Gasteiger partial charge in [0, 0.05) is 155 Å². The summed E-state index contributed by atoms with van der Waals surface area (Å²) in [5, 5.41) is 25.9. The van der Waals surface area contributed by atoms with E-state index in [-0.39, 0.29) is 135 Å². The molecule has 3 rings (SSSR count). The van der Waals surface area contributed by atoms with Crippen LogP contribution in [-0.4, -0.2) is 296 Å². The first-order valence-corrected chi connectivity index (χ1v) is 40.8. The van der Waals surface area contributed by atoms with Crippen LogP contribution in [0.2, 0.25) is 0 Å². The molecule has 0 aliphatic carbocycles. The second-order valence-electron chi connectivity index (χ2n) is 29.3. The van der Waals surface area contributed by atoms with E-state index in [0.717, 1.165) is 55.4 Å². The molecule has 7 N–H and O–H groups in total. The lowest BCUT2D eigenvalue weighted by Crippen LogP contribution is -2.66. The van der Waals surface area contributed by atoms with Gasteiger partial charge in [-0.2, -0.15) is 0 Å². The Hall–Kier alpha value is -9.17. The number of unbranched alkanes of at least 4 members (excludes halogenated alkanes) is 10. The van der Waals surface area contributed by atoms with E-state index in [0.29, 0.717) is 83.5 Å². The minimum absolute atomic E-state index is 0.0330. The van der Waals surface area contributed by atoms with Crippen molar-refractivity contribution >= 4 is 101 Å². The summed E-state index contributed by atoms with van der Waals surface area (Å²) < 4.78 is 103. The van der Waals surface area contributed by atoms with Crippen LogP contribution in [0, 0.1) is 0 Å². The number of hydrogen-bond acceptors (Lipinski definition) is 35. The Morgan fingerprint density at radius 2 is 0.603 bits per heavy atom. The minimum atomic E-state index is -1.52. The second-order valence-corrected chi connectivity index (χ2v) is 29.3. The number of carbonyl (C=O) groups is 17. The number of amides is 6. The zero-order chi connectivity index (χ0) is 90.0. The lowest BCUT2D eigenvalue weighted by molar-refractivity contribution is -0.277. The van der Waals surface area contributed by atoms with Gasteiger partial charge in [-0.25, -0.2) is 0 Å². The summed E-state index contributed by atoms with van der Waals surface area (Å²) in [5.41, 5.74) is -1.52. The van der Waals surface area contributed by atoms with Crippen LogP contribution >= 0.6 is 0 Å². The lowest BCUT2D eigenvalue weighted by Gasteiger charge is -2.44. The molecule has 121 heavy (non-hydrogen) atoms. The molecule has 3 saturated heterocycles. The molecule has 688 valence electrons. The Balaban J connectivity index is 1.66. The number of carboxylic acids is 1. The molecule has 6 unspecified atom stereocenters. The van der Waals surface area contributed by atoms with Crippen molar-refractivity contribution in [3.05, 3.63) is 0 Å². The van der Waals surface area contributed by atoms with Gasteiger partial charge in [-0.1, -0.05) is 44.9 Å². The number of ether oxygens (including phenoxy) is 18. The maximum absolute atomic E-state index is 13.7. The monoisotopic (exact) mass is 1730 g/mol. The fourth-order valence-electron chi connectivity index (χ4n) is 13.1. The van der Waals surface area contributed by atoms with Gasteiger partial charge in [0.25, 0.3) is 0 Å². The lowest BCUT2D eigenvalue weighted by atomic mass is 9.96. The Morgan fingerprint density at radius 1 is 0.306 bits per heavy atom. The molecule has 0 aromatic rings. The standard InChI is InChI=1S/C79H126N6O36/c1-47(86)82-67-73(116-56(10)95)70(113-53(7)92)60(41-110-50(4)89)119-76(67)107-35-23-17-13-14-20-27-59(98)30-38-104-44-79(85-65(101)28-26-29-66(102)103,45-105-39-31-63(99)80-33-21-15-18-24-36-108-77-68(83-48(2)87)74(117-57(11)96)71(114-54(8)93)61(120-77)42-111-51(5)90)46-106-40-32-64(100)81-34-22-16-19-25-37-109-78-69(84-49(3)88)75(118-58(12)97)72(115-55(9)94)62(121-78)43-112-52(6)91/h60-62,67-78H,13-46H2,1-12H3,(H,80,99)(H,81,100)(H,82,86)(H,83,87)(H,84,88)(H,85,101)(H,102,103)/t60?,61?,62?,67?,68?,69?,70-,71-,72-,73+,74+,75+,76+,77+,78+,79?/m0/s1. The van der Waals surface area contributed by atoms with Crippen molar-refractivity contribution < 1.29 is 172 Å². The van der Waals surface area contributed by atoms with Gasteiger partial charge in [0.15, 0.2) is 55.5 Å². The van der Waals surface area contributed by atoms with Gasteiger partial charge in [0.2, 0.25) is 35.4 Å². The number of aliphatic carboxylic acids is 1. The van der Waals surface area contributed by atoms with Crippen LogP contribution in [0.1, 0.15) is 212 Å². The molecule has 0 aromatic carbocycles. The Morgan fingerprint density at radius 3 is 0.909 bits per heavy atom. The van der Waals surface area contributed by atoms with E-state index in [1.54, 1.807) is 0 Å². The fourth-order valence-corrected chi connectivity index (χ4v) is 13.1. The highest BCUT2D eigenvalue weighted by Gasteiger charge is 2.54. The van der Waals surface area contributed by atoms with E-state index < -0.39 is 201 Å². The van der Waals surface area contributed by atoms with E-state index in [9.17, 15) is 86.6 Å². The van der Waals surface area contributed by atoms with Crippen molar-refractivity contribution in [2.75, 3.05) is 92.4 Å². The highest BCUT2D eigenvalue weighted by molar-refractivity contribution is 5.80. The summed E-state index contributed by atoms with van der Waals surface area (Å²) in [6, 6.07) is -3.41. The zero-order valence-corrected chi connectivity index (χ0v) is 71.4. The van der Waals surface area contributed by atoms with Gasteiger partial charge >= 0.3 is 59.7 Å². The number of ketones is 1. The maximum atomic E-state index is 13.7. The van der Waals surface area contributed by atoms with Crippen molar-refractivity contribution in [2.45, 2.75) is 309 Å². The minimum Gasteiger partial charge on any atom is -0.481 e. The van der Waals surface area contributed by atoms with Crippen molar-refractivity contribution in [2.24, 2.45) is 0 Å². The first kappa shape index (κ1) is 106. The average molecular weight is 1740 g/mol. The molecule has 0 saturated carbocycles. The van der Waals surface area contributed by atoms with Crippen LogP contribution in [0.5, 0.6) is 0 Å². The van der Waals surface area contributed by atoms with Gasteiger partial charge in [0.1, 0.15) is 67.6 Å². The predicted octanol–water partition coefficient (Wildman–Crippen LogP) is 1.60. The normalized spacial score (nSPS) is 22.9. The van der Waals surface area contributed by atoms with Crippen LogP contribution in [0.3, 0.4) is 0 Å². The van der Waals surface area contributed by atoms with Crippen molar-refractivity contribution in [1.29, 1.82) is 0 Å². The Kier molecular flexibility index (Phi) is 51.5. The third-order valence-electron chi connectivity index (χ3n) is 18.3. The number of carboxylic acid groups (broad SMARTS) is 1. The van der Waals surface area contributed by atoms with E-state index >= 15 is 0 Å². The molecule has 6 amide bonds. The maximum Gasteiger partial charge on any atom is 0.303 e. The Labute approximate surface area is 703 Å². The van der Waals surface area contributed by atoms with Crippen LogP contribution in [0.25, 0.3) is 0 Å². The molecule has 3 fully saturated rings. The summed E-state index contributed by atoms with van der Waals surface area (Å²) in [7, 11) is 0. The van der Waals surface area contributed by atoms with Gasteiger partial charge in [0.05, 0.1) is 39.6 Å². The van der Waals surface area contributed by atoms with Crippen LogP contribution in [-0.2, 0) is 167 Å². The van der Waals surface area contributed by atoms with E-state index in [1.807, 2.05) is 0 Å². The number of rotatable bonds is 60. The van der Waals surface area contributed by atoms with Gasteiger partial charge in [-0.05, 0) is 44.9 Å². The molecular formula is C79H126N6O36. The zero-order valence-electron chi connectivity index (χ0n) is 71.4. The Bertz CT molecular complexity index is 3020. The van der Waals surface area contributed by atoms with Crippen LogP contribution in [0.15, 0.2) is 0 Å². The SMILES string of the molecule is CC(=O)NC1[C@H](OCCCCCCCC(=O)CCOCC(COCCC(=O)NCCCCCCO[C@@H]2OC(COC(C)=O)[C@H](OC(C)=O)[C@H](OC(C)=O)C2NC(C)=O)(COCCC(=O)NCCCCCCO[C@@H]2OC(COC(C)=O)[C@H](OC(C)=O)[C@H](OC(C)=O)C2NC(C)=O)NC(=O)CCCC(=O)O)OC(COC(C)=O)[C@H](OC(C)=O)[C@@H]1OC(C)=O. The van der Waals surface area contributed by atoms with Crippen molar-refractivity contribution in [3.63, 3.8) is 0 Å². The topological polar surface area (TPSA) is 549 Å². The summed E-state index contributed by atoms with van der Waals surface area (Å²) in [6.45, 7) is 12.2. The molecule has 0 bridgehead atoms. The van der Waals surface area contributed by atoms with E-state index in [1.165, 1.54) is 27.7 Å². The number of esters is 9. The molecule has 3 aliphatic rings. The predicted molar refractivity (Wildman–Crippen MR) is 414 cm³/mol. The average Bonchev–Trinajstić information content (AvgIpc) is 0.798. The third-order valence-corrected chi connectivity index (χ3v) is 18.3. The van der Waals surface area contributed by atoms with Gasteiger partial charge < -0.3 is 122 Å². The molecule has 15 atom stereocenters. The molecular weight excluding hydrogens is 1610 g/mol. The smallest absolute Gasteiger partial charge is 0.303 e. The van der Waals surface area contributed by atoms with Gasteiger partial charge in [-0.3, -0.25) is 81.5 Å². The summed E-state index contributed by atoms with van der Waals surface area (Å²) in [5.74, 6) is -10.7. The van der Waals surface area contributed by atoms with Crippen LogP contribution < -0.4 is 31.9 Å². The molecule has 0 aromatic heterocycles. The summed E-state index contributed by atoms with van der Waals surface area (Å²) in [6.07, 6.45) is -8.10. The van der Waals surface area contributed by atoms with Crippen molar-refractivity contribution in [1.82, 2.24) is 31.9 Å². The number of nitrogens with one attached hydrogen (secondary N) is 6. The van der Waals surface area contributed by atoms with Crippen LogP contribution in [0.4, 0.5) is 0 Å². The summed E-state index contributed by atoms with van der Waals surface area (Å²) in [4.78, 5) is 210. The first-order chi connectivity index (χ1) is 57.4. The molecule has 3 heterocycles. The first-order valence-electron chi connectivity index (χ1n) is 40.8. The number of carbonyl (C=O) groups excluding carboxylic acids is 16. The molecule has 0 spiro atoms. The quantitative estimate of drug-likeness (QED) is 0.0258. The highest BCUT2D eigenvalue weighted by Crippen LogP contribution is 2.32. The highest BCUT2D eigenvalue weighted by atomic mass is 16.7. The molecule has 0 radical (unpaired) electrons. The van der Waals surface area contributed by atoms with E-state index in [4.69, 9.17) is 85.3 Å². The van der Waals surface area contributed by atoms with E-state index in [2.05, 4.69) is 31.9 Å². The second kappa shape index (κ2) is 58.8. The summed E-state index contributed by atoms with van der Waals surface area (Å²) >= 11 is 0. The molecule has 42 heteroatoms.